The van der Waals surface area contributed by atoms with Crippen LogP contribution < -0.4 is 5.73 Å². The summed E-state index contributed by atoms with van der Waals surface area (Å²) in [5.41, 5.74) is -0.605. The van der Waals surface area contributed by atoms with E-state index in [1.807, 2.05) is 0 Å². The lowest BCUT2D eigenvalue weighted by Crippen LogP contribution is -2.82. The number of carbonyl (C=O) groups excluding carboxylic acids is 5. The average Bonchev–Trinajstić information content (AvgIpc) is 3.12. The lowest BCUT2D eigenvalue weighted by atomic mass is 9.44. The lowest BCUT2D eigenvalue weighted by Gasteiger charge is -2.67. The standard InChI is InChI=1S/C40H47NO13/c1-20-25(52-36(48)30(45)29(41)23-13-9-7-10-14-23)18-40(49)34(53-35(47)24-15-11-8-12-16-24)32-38(6,26(44)17-27-39(32,19-50-27)54-22(3)43)33(46)31(51-21(2)42)28(20)37(40,4)5/h7-16,25-27,29-32,34,44-45,49H,17-19,41H2,1-6H3/t25?,26-,27?,29-,30?,31+,32?,34-,38+,39-,40+/m0/s1. The molecular weight excluding hydrogens is 702 g/mol. The molecule has 1 aliphatic heterocycles. The van der Waals surface area contributed by atoms with Crippen LogP contribution in [0.15, 0.2) is 71.8 Å². The Labute approximate surface area is 312 Å². The highest BCUT2D eigenvalue weighted by Crippen LogP contribution is 2.64. The van der Waals surface area contributed by atoms with E-state index < -0.39 is 107 Å². The molecule has 0 radical (unpaired) electrons. The Morgan fingerprint density at radius 2 is 1.54 bits per heavy atom. The summed E-state index contributed by atoms with van der Waals surface area (Å²) in [5.74, 6) is -6.01. The fourth-order valence-electron chi connectivity index (χ4n) is 9.23. The predicted octanol–water partition coefficient (Wildman–Crippen LogP) is 2.26. The molecule has 11 atom stereocenters. The third-order valence-electron chi connectivity index (χ3n) is 12.2. The van der Waals surface area contributed by atoms with Gasteiger partial charge < -0.3 is 44.7 Å². The van der Waals surface area contributed by atoms with Crippen LogP contribution in [0.4, 0.5) is 0 Å². The van der Waals surface area contributed by atoms with Crippen LogP contribution in [-0.4, -0.2) is 99.4 Å². The van der Waals surface area contributed by atoms with Gasteiger partial charge in [-0.1, -0.05) is 62.4 Å². The summed E-state index contributed by atoms with van der Waals surface area (Å²) in [7, 11) is 0. The van der Waals surface area contributed by atoms with Gasteiger partial charge in [-0.3, -0.25) is 14.4 Å². The van der Waals surface area contributed by atoms with Gasteiger partial charge in [-0.05, 0) is 42.7 Å². The third-order valence-corrected chi connectivity index (χ3v) is 12.2. The molecule has 6 rings (SSSR count). The summed E-state index contributed by atoms with van der Waals surface area (Å²) in [5, 5.41) is 36.5. The predicted molar refractivity (Wildman–Crippen MR) is 188 cm³/mol. The van der Waals surface area contributed by atoms with E-state index in [-0.39, 0.29) is 29.7 Å². The number of aliphatic hydroxyl groups excluding tert-OH is 2. The van der Waals surface area contributed by atoms with Gasteiger partial charge in [0.25, 0.3) is 0 Å². The number of ether oxygens (including phenoxy) is 5. The second-order valence-electron chi connectivity index (χ2n) is 15.6. The molecule has 290 valence electrons. The molecule has 1 heterocycles. The first kappa shape index (κ1) is 39.2. The minimum Gasteiger partial charge on any atom is -0.456 e. The molecule has 14 nitrogen and oxygen atoms in total. The Hall–Kier alpha value is -4.47. The molecule has 2 bridgehead atoms. The van der Waals surface area contributed by atoms with Crippen LogP contribution in [0.25, 0.3) is 0 Å². The minimum atomic E-state index is -2.32. The van der Waals surface area contributed by atoms with Crippen LogP contribution in [-0.2, 0) is 42.9 Å². The first-order valence-corrected chi connectivity index (χ1v) is 17.9. The quantitative estimate of drug-likeness (QED) is 0.173. The summed E-state index contributed by atoms with van der Waals surface area (Å²) in [6.07, 6.45) is -9.98. The molecule has 2 saturated carbocycles. The van der Waals surface area contributed by atoms with Crippen molar-refractivity contribution in [1.82, 2.24) is 0 Å². The lowest BCUT2D eigenvalue weighted by molar-refractivity contribution is -0.346. The maximum atomic E-state index is 15.3. The number of ketones is 1. The van der Waals surface area contributed by atoms with Gasteiger partial charge in [0.1, 0.15) is 23.9 Å². The van der Waals surface area contributed by atoms with Gasteiger partial charge >= 0.3 is 23.9 Å². The number of rotatable bonds is 8. The van der Waals surface area contributed by atoms with Gasteiger partial charge in [0.15, 0.2) is 23.6 Å². The van der Waals surface area contributed by atoms with Crippen molar-refractivity contribution in [1.29, 1.82) is 0 Å². The summed E-state index contributed by atoms with van der Waals surface area (Å²) in [4.78, 5) is 68.7. The number of benzene rings is 2. The van der Waals surface area contributed by atoms with E-state index in [9.17, 15) is 34.5 Å². The van der Waals surface area contributed by atoms with E-state index in [1.54, 1.807) is 69.3 Å². The number of hydrogen-bond acceptors (Lipinski definition) is 14. The van der Waals surface area contributed by atoms with Crippen molar-refractivity contribution in [3.05, 3.63) is 82.9 Å². The summed E-state index contributed by atoms with van der Waals surface area (Å²) in [6.45, 7) is 8.08. The van der Waals surface area contributed by atoms with E-state index in [0.717, 1.165) is 13.8 Å². The number of esters is 4. The van der Waals surface area contributed by atoms with Crippen molar-refractivity contribution >= 4 is 29.7 Å². The zero-order valence-corrected chi connectivity index (χ0v) is 31.0. The maximum absolute atomic E-state index is 15.3. The number of nitrogens with two attached hydrogens (primary N) is 1. The molecule has 1 saturated heterocycles. The third kappa shape index (κ3) is 6.04. The molecule has 0 aromatic heterocycles. The highest BCUT2D eigenvalue weighted by molar-refractivity contribution is 5.95. The Morgan fingerprint density at radius 1 is 0.926 bits per heavy atom. The Bertz CT molecular complexity index is 1860. The van der Waals surface area contributed by atoms with E-state index in [1.165, 1.54) is 19.1 Å². The van der Waals surface area contributed by atoms with Crippen molar-refractivity contribution in [2.45, 2.75) is 108 Å². The zero-order valence-electron chi connectivity index (χ0n) is 31.0. The van der Waals surface area contributed by atoms with Crippen molar-refractivity contribution in [2.24, 2.45) is 22.5 Å². The molecule has 0 spiro atoms. The largest absolute Gasteiger partial charge is 0.456 e. The number of fused-ring (bicyclic) bond motifs is 5. The molecule has 4 unspecified atom stereocenters. The Kier molecular flexibility index (Phi) is 10.2. The average molecular weight is 750 g/mol. The Balaban J connectivity index is 1.58. The monoisotopic (exact) mass is 749 g/mol. The van der Waals surface area contributed by atoms with Gasteiger partial charge in [0.2, 0.25) is 0 Å². The van der Waals surface area contributed by atoms with Crippen LogP contribution in [0.3, 0.4) is 0 Å². The summed E-state index contributed by atoms with van der Waals surface area (Å²) in [6, 6.07) is 15.1. The van der Waals surface area contributed by atoms with Crippen molar-refractivity contribution < 1.29 is 63.0 Å². The molecule has 14 heteroatoms. The van der Waals surface area contributed by atoms with Crippen LogP contribution >= 0.6 is 0 Å². The van der Waals surface area contributed by atoms with Crippen molar-refractivity contribution in [3.63, 3.8) is 0 Å². The van der Waals surface area contributed by atoms with Gasteiger partial charge in [0.05, 0.1) is 35.6 Å². The van der Waals surface area contributed by atoms with Gasteiger partial charge in [-0.2, -0.15) is 0 Å². The topological polar surface area (TPSA) is 218 Å². The minimum absolute atomic E-state index is 0.0391. The summed E-state index contributed by atoms with van der Waals surface area (Å²) < 4.78 is 29.9. The second-order valence-corrected chi connectivity index (χ2v) is 15.6. The molecule has 3 aliphatic carbocycles. The normalized spacial score (nSPS) is 35.0. The molecule has 4 aliphatic rings. The zero-order chi connectivity index (χ0) is 39.5. The molecule has 54 heavy (non-hydrogen) atoms. The van der Waals surface area contributed by atoms with Crippen LogP contribution in [0.1, 0.15) is 76.3 Å². The molecular formula is C40H47NO13. The fraction of sp³-hybridized carbons (Fsp3) is 0.525. The van der Waals surface area contributed by atoms with Gasteiger partial charge in [-0.15, -0.1) is 0 Å². The van der Waals surface area contributed by atoms with Gasteiger partial charge in [0, 0.05) is 32.1 Å². The molecule has 2 aromatic carbocycles. The molecule has 0 amide bonds. The van der Waals surface area contributed by atoms with Crippen molar-refractivity contribution in [3.8, 4) is 0 Å². The van der Waals surface area contributed by atoms with E-state index in [0.29, 0.717) is 5.56 Å². The van der Waals surface area contributed by atoms with Crippen LogP contribution in [0, 0.1) is 16.7 Å². The van der Waals surface area contributed by atoms with E-state index in [2.05, 4.69) is 0 Å². The number of aliphatic hydroxyl groups is 3. The maximum Gasteiger partial charge on any atom is 0.338 e. The van der Waals surface area contributed by atoms with E-state index in [4.69, 9.17) is 29.4 Å². The molecule has 2 aromatic rings. The fourth-order valence-corrected chi connectivity index (χ4v) is 9.23. The highest BCUT2D eigenvalue weighted by Gasteiger charge is 2.78. The number of carbonyl (C=O) groups is 5. The van der Waals surface area contributed by atoms with Crippen LogP contribution in [0.5, 0.6) is 0 Å². The summed E-state index contributed by atoms with van der Waals surface area (Å²) >= 11 is 0. The number of hydrogen-bond donors (Lipinski definition) is 4. The SMILES string of the molecule is CC(=O)O[C@H]1C(=O)[C@@]2(C)C([C@H](OC(=O)c3ccccc3)[C@]3(O)CC(OC(=O)C(O)[C@@H](N)c4ccccc4)C(C)=C1C3(C)C)[C@]1(OC(C)=O)COC1C[C@@H]2O. The van der Waals surface area contributed by atoms with E-state index >= 15 is 4.79 Å². The first-order chi connectivity index (χ1) is 25.3. The van der Waals surface area contributed by atoms with Crippen LogP contribution in [0.2, 0.25) is 0 Å². The van der Waals surface area contributed by atoms with Crippen molar-refractivity contribution in [2.75, 3.05) is 6.61 Å². The molecule has 5 N–H and O–H groups in total. The molecule has 3 fully saturated rings. The number of Topliss-reactive ketones (excluding diaryl/α,β-unsaturated/α-hetero) is 1. The first-order valence-electron chi connectivity index (χ1n) is 17.9. The second kappa shape index (κ2) is 14.0. The Morgan fingerprint density at radius 3 is 2.09 bits per heavy atom. The highest BCUT2D eigenvalue weighted by atomic mass is 16.6. The smallest absolute Gasteiger partial charge is 0.338 e. The van der Waals surface area contributed by atoms with Gasteiger partial charge in [-0.25, -0.2) is 9.59 Å².